The highest BCUT2D eigenvalue weighted by Gasteiger charge is 2.23. The molecule has 110 valence electrons. The van der Waals surface area contributed by atoms with Crippen LogP contribution in [0, 0.1) is 18.3 Å². The molecule has 0 amide bonds. The Morgan fingerprint density at radius 1 is 1.30 bits per heavy atom. The molecule has 0 aromatic carbocycles. The van der Waals surface area contributed by atoms with E-state index in [1.54, 1.807) is 0 Å². The number of pyridine rings is 1. The molecule has 4 heteroatoms. The summed E-state index contributed by atoms with van der Waals surface area (Å²) in [6.45, 7) is 9.70. The number of aryl methyl sites for hydroxylation is 2. The summed E-state index contributed by atoms with van der Waals surface area (Å²) in [6.07, 6.45) is 4.95. The molecule has 3 N–H and O–H groups in total. The van der Waals surface area contributed by atoms with Crippen LogP contribution in [0.1, 0.15) is 45.0 Å². The molecule has 2 rings (SSSR count). The summed E-state index contributed by atoms with van der Waals surface area (Å²) in [5.41, 5.74) is 9.12. The second-order valence-electron chi connectivity index (χ2n) is 6.69. The first kappa shape index (κ1) is 15.0. The number of fused-ring (bicyclic) bond motifs is 1. The molecule has 0 saturated heterocycles. The van der Waals surface area contributed by atoms with E-state index in [4.69, 9.17) is 5.73 Å². The van der Waals surface area contributed by atoms with Gasteiger partial charge in [0.25, 0.3) is 0 Å². The van der Waals surface area contributed by atoms with Gasteiger partial charge in [-0.2, -0.15) is 0 Å². The van der Waals surface area contributed by atoms with Crippen LogP contribution in [0.2, 0.25) is 0 Å². The minimum atomic E-state index is 0.291. The van der Waals surface area contributed by atoms with Crippen LogP contribution in [0.3, 0.4) is 0 Å². The molecular weight excluding hydrogens is 248 g/mol. The molecule has 1 unspecified atom stereocenters. The van der Waals surface area contributed by atoms with Crippen molar-refractivity contribution >= 4 is 11.2 Å². The molecule has 0 aliphatic rings. The fraction of sp³-hybridized carbons (Fsp3) is 0.625. The van der Waals surface area contributed by atoms with Gasteiger partial charge in [-0.1, -0.05) is 20.8 Å². The van der Waals surface area contributed by atoms with Gasteiger partial charge in [-0.3, -0.25) is 0 Å². The minimum Gasteiger partial charge on any atom is -0.340 e. The van der Waals surface area contributed by atoms with Gasteiger partial charge < -0.3 is 10.7 Å². The molecule has 2 aromatic rings. The Kier molecular flexibility index (Phi) is 4.43. The summed E-state index contributed by atoms with van der Waals surface area (Å²) in [7, 11) is 0. The van der Waals surface area contributed by atoms with Gasteiger partial charge >= 0.3 is 0 Å². The average molecular weight is 274 g/mol. The van der Waals surface area contributed by atoms with Crippen molar-refractivity contribution in [3.63, 3.8) is 0 Å². The predicted octanol–water partition coefficient (Wildman–Crippen LogP) is 3.21. The number of imidazole rings is 1. The van der Waals surface area contributed by atoms with Crippen molar-refractivity contribution in [3.8, 4) is 0 Å². The van der Waals surface area contributed by atoms with Gasteiger partial charge in [0.15, 0.2) is 5.65 Å². The van der Waals surface area contributed by atoms with Crippen molar-refractivity contribution < 1.29 is 0 Å². The van der Waals surface area contributed by atoms with Crippen LogP contribution < -0.4 is 5.73 Å². The fourth-order valence-corrected chi connectivity index (χ4v) is 2.72. The second kappa shape index (κ2) is 5.92. The molecule has 0 aliphatic carbocycles. The maximum atomic E-state index is 5.74. The van der Waals surface area contributed by atoms with Crippen LogP contribution in [0.4, 0.5) is 0 Å². The van der Waals surface area contributed by atoms with Crippen LogP contribution >= 0.6 is 0 Å². The molecule has 2 aromatic heterocycles. The van der Waals surface area contributed by atoms with E-state index in [1.165, 1.54) is 5.56 Å². The third-order valence-electron chi connectivity index (χ3n) is 4.12. The lowest BCUT2D eigenvalue weighted by atomic mass is 9.76. The molecular formula is C16H26N4. The number of rotatable bonds is 5. The van der Waals surface area contributed by atoms with Crippen LogP contribution in [-0.2, 0) is 6.42 Å². The lowest BCUT2D eigenvalue weighted by Crippen LogP contribution is -2.24. The lowest BCUT2D eigenvalue weighted by Gasteiger charge is -2.30. The highest BCUT2D eigenvalue weighted by Crippen LogP contribution is 2.32. The lowest BCUT2D eigenvalue weighted by molar-refractivity contribution is 0.214. The number of aromatic amines is 1. The van der Waals surface area contributed by atoms with Crippen molar-refractivity contribution in [2.24, 2.45) is 17.1 Å². The Morgan fingerprint density at radius 3 is 2.65 bits per heavy atom. The molecule has 0 spiro atoms. The molecule has 1 atom stereocenters. The number of H-pyrrole nitrogens is 1. The average Bonchev–Trinajstić information content (AvgIpc) is 2.77. The summed E-state index contributed by atoms with van der Waals surface area (Å²) in [6, 6.07) is 2.01. The molecule has 0 aliphatic heterocycles. The first-order chi connectivity index (χ1) is 9.41. The van der Waals surface area contributed by atoms with E-state index in [0.717, 1.165) is 42.8 Å². The van der Waals surface area contributed by atoms with Crippen LogP contribution in [0.25, 0.3) is 11.2 Å². The van der Waals surface area contributed by atoms with Gasteiger partial charge in [-0.15, -0.1) is 0 Å². The molecule has 0 fully saturated rings. The van der Waals surface area contributed by atoms with E-state index in [1.807, 2.05) is 12.3 Å². The largest absolute Gasteiger partial charge is 0.340 e. The first-order valence-corrected chi connectivity index (χ1v) is 7.42. The van der Waals surface area contributed by atoms with Crippen molar-refractivity contribution in [3.05, 3.63) is 23.7 Å². The van der Waals surface area contributed by atoms with Crippen molar-refractivity contribution in [2.45, 2.75) is 47.0 Å². The smallest absolute Gasteiger partial charge is 0.177 e. The third-order valence-corrected chi connectivity index (χ3v) is 4.12. The topological polar surface area (TPSA) is 67.6 Å². The highest BCUT2D eigenvalue weighted by molar-refractivity contribution is 5.74. The predicted molar refractivity (Wildman–Crippen MR) is 83.6 cm³/mol. The Labute approximate surface area is 121 Å². The fourth-order valence-electron chi connectivity index (χ4n) is 2.72. The molecule has 0 saturated carbocycles. The third kappa shape index (κ3) is 3.37. The summed E-state index contributed by atoms with van der Waals surface area (Å²) >= 11 is 0. The van der Waals surface area contributed by atoms with Gasteiger partial charge in [-0.25, -0.2) is 9.97 Å². The zero-order chi connectivity index (χ0) is 14.8. The molecule has 0 radical (unpaired) electrons. The zero-order valence-corrected chi connectivity index (χ0v) is 13.0. The van der Waals surface area contributed by atoms with E-state index in [-0.39, 0.29) is 0 Å². The molecule has 2 heterocycles. The van der Waals surface area contributed by atoms with Crippen molar-refractivity contribution in [1.29, 1.82) is 0 Å². The van der Waals surface area contributed by atoms with Crippen molar-refractivity contribution in [1.82, 2.24) is 15.0 Å². The minimum absolute atomic E-state index is 0.291. The summed E-state index contributed by atoms with van der Waals surface area (Å²) < 4.78 is 0. The van der Waals surface area contributed by atoms with Crippen molar-refractivity contribution in [2.75, 3.05) is 6.54 Å². The Balaban J connectivity index is 2.10. The van der Waals surface area contributed by atoms with Crippen LogP contribution in [-0.4, -0.2) is 21.5 Å². The van der Waals surface area contributed by atoms with E-state index in [2.05, 4.69) is 42.6 Å². The molecule has 0 bridgehead atoms. The van der Waals surface area contributed by atoms with Crippen LogP contribution in [0.5, 0.6) is 0 Å². The van der Waals surface area contributed by atoms with E-state index in [9.17, 15) is 0 Å². The SMILES string of the molecule is Cc1ccnc2nc(CCC(CCN)C(C)(C)C)[nH]c12. The maximum Gasteiger partial charge on any atom is 0.177 e. The Bertz CT molecular complexity index is 565. The van der Waals surface area contributed by atoms with Gasteiger partial charge in [0, 0.05) is 12.6 Å². The van der Waals surface area contributed by atoms with Gasteiger partial charge in [0.1, 0.15) is 5.82 Å². The first-order valence-electron chi connectivity index (χ1n) is 7.42. The zero-order valence-electron chi connectivity index (χ0n) is 13.0. The summed E-state index contributed by atoms with van der Waals surface area (Å²) in [5.74, 6) is 1.66. The Hall–Kier alpha value is -1.42. The van der Waals surface area contributed by atoms with Gasteiger partial charge in [0.05, 0.1) is 5.52 Å². The van der Waals surface area contributed by atoms with Gasteiger partial charge in [-0.05, 0) is 49.3 Å². The normalized spacial score (nSPS) is 13.8. The van der Waals surface area contributed by atoms with E-state index < -0.39 is 0 Å². The van der Waals surface area contributed by atoms with Gasteiger partial charge in [0.2, 0.25) is 0 Å². The monoisotopic (exact) mass is 274 g/mol. The quantitative estimate of drug-likeness (QED) is 0.879. The number of hydrogen-bond donors (Lipinski definition) is 2. The standard InChI is InChI=1S/C16H26N4/c1-11-8-10-18-15-14(11)19-13(20-15)6-5-12(7-9-17)16(2,3)4/h8,10,12H,5-7,9,17H2,1-4H3,(H,18,19,20). The molecule has 4 nitrogen and oxygen atoms in total. The summed E-state index contributed by atoms with van der Waals surface area (Å²) in [5, 5.41) is 0. The number of hydrogen-bond acceptors (Lipinski definition) is 3. The Morgan fingerprint density at radius 2 is 2.05 bits per heavy atom. The number of nitrogens with two attached hydrogens (primary N) is 1. The van der Waals surface area contributed by atoms with E-state index in [0.29, 0.717) is 11.3 Å². The number of nitrogens with one attached hydrogen (secondary N) is 1. The maximum absolute atomic E-state index is 5.74. The van der Waals surface area contributed by atoms with Crippen LogP contribution in [0.15, 0.2) is 12.3 Å². The second-order valence-corrected chi connectivity index (χ2v) is 6.69. The number of nitrogens with zero attached hydrogens (tertiary/aromatic N) is 2. The number of aromatic nitrogens is 3. The molecule has 20 heavy (non-hydrogen) atoms. The summed E-state index contributed by atoms with van der Waals surface area (Å²) in [4.78, 5) is 12.3. The highest BCUT2D eigenvalue weighted by atomic mass is 15.0. The van der Waals surface area contributed by atoms with E-state index >= 15 is 0 Å².